The van der Waals surface area contributed by atoms with E-state index in [1.165, 1.54) is 0 Å². The number of anilines is 2. The number of aromatic amines is 1. The highest BCUT2D eigenvalue weighted by molar-refractivity contribution is 8.33. The van der Waals surface area contributed by atoms with E-state index in [0.29, 0.717) is 12.4 Å². The van der Waals surface area contributed by atoms with Gasteiger partial charge in [0.2, 0.25) is 5.91 Å². The lowest BCUT2D eigenvalue weighted by Crippen LogP contribution is -2.51. The highest BCUT2D eigenvalue weighted by Gasteiger charge is 2.51. The highest BCUT2D eigenvalue weighted by atomic mass is 32.3. The normalized spacial score (nSPS) is 19.2. The number of fused-ring (bicyclic) bond motifs is 1. The number of urea groups is 1. The van der Waals surface area contributed by atoms with Gasteiger partial charge in [-0.3, -0.25) is 9.89 Å². The Hall–Kier alpha value is -2.48. The lowest BCUT2D eigenvalue weighted by molar-refractivity contribution is -0.120. The Balaban J connectivity index is 1.56. The van der Waals surface area contributed by atoms with Crippen molar-refractivity contribution < 1.29 is 9.59 Å². The summed E-state index contributed by atoms with van der Waals surface area (Å²) in [5, 5.41) is 13.7. The largest absolute Gasteiger partial charge is 0.322 e. The first-order valence-electron chi connectivity index (χ1n) is 11.1. The number of nitrogens with zero attached hydrogens (tertiary/aromatic N) is 2. The van der Waals surface area contributed by atoms with Crippen LogP contribution in [-0.2, 0) is 16.9 Å². The highest BCUT2D eigenvalue weighted by Crippen LogP contribution is 2.60. The average molecular weight is 458 g/mol. The van der Waals surface area contributed by atoms with Gasteiger partial charge < -0.3 is 15.5 Å². The van der Waals surface area contributed by atoms with Crippen molar-refractivity contribution in [2.45, 2.75) is 63.8 Å². The maximum atomic E-state index is 13.3. The molecule has 174 valence electrons. The number of para-hydroxylation sites is 1. The fraction of sp³-hybridized carbons (Fsp3) is 0.542. The van der Waals surface area contributed by atoms with Crippen LogP contribution in [0.5, 0.6) is 0 Å². The van der Waals surface area contributed by atoms with Gasteiger partial charge in [-0.2, -0.15) is 5.10 Å². The van der Waals surface area contributed by atoms with Crippen LogP contribution in [0.2, 0.25) is 0 Å². The summed E-state index contributed by atoms with van der Waals surface area (Å²) >= 11 is 0. The van der Waals surface area contributed by atoms with Crippen LogP contribution < -0.4 is 10.6 Å². The minimum atomic E-state index is -1.06. The van der Waals surface area contributed by atoms with E-state index in [1.54, 1.807) is 4.90 Å². The Bertz CT molecular complexity index is 1060. The Morgan fingerprint density at radius 1 is 1.09 bits per heavy atom. The SMILES string of the molecule is Cc1cccc(C)c1NC(=O)N1Cc2c(NC(=O)C3(S(C)(C)C)CCC3)n[nH]c2C1(C)C. The van der Waals surface area contributed by atoms with Crippen LogP contribution in [-0.4, -0.2) is 50.5 Å². The lowest BCUT2D eigenvalue weighted by atomic mass is 9.83. The van der Waals surface area contributed by atoms with Crippen molar-refractivity contribution in [1.82, 2.24) is 15.1 Å². The molecule has 4 rings (SSSR count). The molecule has 3 amide bonds. The molecular formula is C24H35N5O2S. The van der Waals surface area contributed by atoms with Gasteiger partial charge in [-0.05, 0) is 76.9 Å². The predicted octanol–water partition coefficient (Wildman–Crippen LogP) is 4.86. The number of carbonyl (C=O) groups excluding carboxylic acids is 2. The molecule has 0 unspecified atom stereocenters. The maximum Gasteiger partial charge on any atom is 0.322 e. The summed E-state index contributed by atoms with van der Waals surface area (Å²) < 4.78 is -0.285. The van der Waals surface area contributed by atoms with Crippen molar-refractivity contribution in [3.8, 4) is 0 Å². The second-order valence-electron chi connectivity index (χ2n) is 10.4. The Morgan fingerprint density at radius 2 is 1.72 bits per heavy atom. The number of carbonyl (C=O) groups is 2. The third-order valence-electron chi connectivity index (χ3n) is 7.41. The van der Waals surface area contributed by atoms with E-state index in [4.69, 9.17) is 0 Å². The number of benzene rings is 1. The molecule has 0 radical (unpaired) electrons. The fourth-order valence-corrected chi connectivity index (χ4v) is 7.09. The summed E-state index contributed by atoms with van der Waals surface area (Å²) in [6, 6.07) is 5.81. The van der Waals surface area contributed by atoms with Crippen molar-refractivity contribution in [1.29, 1.82) is 0 Å². The molecule has 1 aromatic carbocycles. The van der Waals surface area contributed by atoms with Gasteiger partial charge in [-0.25, -0.2) is 14.8 Å². The summed E-state index contributed by atoms with van der Waals surface area (Å²) in [5.74, 6) is 0.618. The van der Waals surface area contributed by atoms with E-state index in [1.807, 2.05) is 45.9 Å². The molecule has 2 aliphatic rings. The molecule has 3 N–H and O–H groups in total. The van der Waals surface area contributed by atoms with Gasteiger partial charge in [0.05, 0.1) is 22.5 Å². The van der Waals surface area contributed by atoms with Crippen LogP contribution in [0.15, 0.2) is 18.2 Å². The lowest BCUT2D eigenvalue weighted by Gasteiger charge is -2.53. The molecule has 0 spiro atoms. The first kappa shape index (κ1) is 22.7. The summed E-state index contributed by atoms with van der Waals surface area (Å²) in [6.45, 7) is 8.37. The number of nitrogens with one attached hydrogen (secondary N) is 3. The van der Waals surface area contributed by atoms with E-state index in [2.05, 4.69) is 39.6 Å². The first-order chi connectivity index (χ1) is 14.9. The van der Waals surface area contributed by atoms with Crippen LogP contribution in [0.1, 0.15) is 55.5 Å². The Kier molecular flexibility index (Phi) is 5.35. The van der Waals surface area contributed by atoms with Crippen LogP contribution in [0.3, 0.4) is 0 Å². The second-order valence-corrected chi connectivity index (χ2v) is 14.9. The number of H-pyrrole nitrogens is 1. The standard InChI is InChI=1S/C24H35N5O2S/c1-15-10-8-11-16(2)18(15)25-22(31)29-14-17-19(23(29,3)4)27-28-20(17)26-21(30)24(12-9-13-24)32(5,6)7/h8,10-11H,9,12-14H2,1-7H3,(H,25,31)(H2,26,27,28,30). The molecule has 8 heteroatoms. The van der Waals surface area contributed by atoms with E-state index in [0.717, 1.165) is 47.3 Å². The summed E-state index contributed by atoms with van der Waals surface area (Å²) in [5.41, 5.74) is 4.08. The van der Waals surface area contributed by atoms with Crippen molar-refractivity contribution in [3.63, 3.8) is 0 Å². The van der Waals surface area contributed by atoms with Crippen molar-refractivity contribution in [2.24, 2.45) is 0 Å². The Morgan fingerprint density at radius 3 is 2.25 bits per heavy atom. The zero-order valence-corrected chi connectivity index (χ0v) is 21.0. The first-order valence-corrected chi connectivity index (χ1v) is 14.0. The van der Waals surface area contributed by atoms with E-state index in [-0.39, 0.29) is 16.7 Å². The van der Waals surface area contributed by atoms with Gasteiger partial charge in [0.15, 0.2) is 5.82 Å². The number of hydrogen-bond acceptors (Lipinski definition) is 3. The number of amides is 3. The maximum absolute atomic E-state index is 13.3. The minimum Gasteiger partial charge on any atom is -0.309 e. The van der Waals surface area contributed by atoms with Crippen LogP contribution in [0.4, 0.5) is 16.3 Å². The van der Waals surface area contributed by atoms with Crippen molar-refractivity contribution in [2.75, 3.05) is 29.4 Å². The van der Waals surface area contributed by atoms with Gasteiger partial charge in [0, 0.05) is 11.3 Å². The molecule has 2 heterocycles. The van der Waals surface area contributed by atoms with Gasteiger partial charge in [-0.15, -0.1) is 0 Å². The number of rotatable bonds is 4. The zero-order valence-electron chi connectivity index (χ0n) is 20.2. The van der Waals surface area contributed by atoms with Crippen LogP contribution >= 0.6 is 10.0 Å². The molecule has 1 aromatic heterocycles. The van der Waals surface area contributed by atoms with Gasteiger partial charge >= 0.3 is 6.03 Å². The molecular weight excluding hydrogens is 422 g/mol. The molecule has 32 heavy (non-hydrogen) atoms. The van der Waals surface area contributed by atoms with E-state index < -0.39 is 15.6 Å². The zero-order chi connectivity index (χ0) is 23.5. The molecule has 1 aliphatic carbocycles. The van der Waals surface area contributed by atoms with E-state index >= 15 is 0 Å². The van der Waals surface area contributed by atoms with E-state index in [9.17, 15) is 9.59 Å². The average Bonchev–Trinajstić information content (AvgIpc) is 3.14. The van der Waals surface area contributed by atoms with Gasteiger partial charge in [-0.1, -0.05) is 18.2 Å². The summed E-state index contributed by atoms with van der Waals surface area (Å²) in [4.78, 5) is 28.4. The minimum absolute atomic E-state index is 0.0665. The fourth-order valence-electron chi connectivity index (χ4n) is 4.97. The molecule has 0 atom stereocenters. The molecule has 1 aliphatic heterocycles. The smallest absolute Gasteiger partial charge is 0.309 e. The summed E-state index contributed by atoms with van der Waals surface area (Å²) in [6.07, 6.45) is 9.59. The third-order valence-corrected chi connectivity index (χ3v) is 10.3. The van der Waals surface area contributed by atoms with Crippen molar-refractivity contribution in [3.05, 3.63) is 40.6 Å². The number of aryl methyl sites for hydroxylation is 2. The molecule has 0 bridgehead atoms. The molecule has 7 nitrogen and oxygen atoms in total. The third kappa shape index (κ3) is 3.39. The second kappa shape index (κ2) is 7.54. The Labute approximate surface area is 192 Å². The quantitative estimate of drug-likeness (QED) is 0.612. The number of hydrogen-bond donors (Lipinski definition) is 3. The molecule has 0 saturated heterocycles. The van der Waals surface area contributed by atoms with Gasteiger partial charge in [0.25, 0.3) is 0 Å². The molecule has 2 aromatic rings. The summed E-state index contributed by atoms with van der Waals surface area (Å²) in [7, 11) is -1.06. The topological polar surface area (TPSA) is 90.1 Å². The molecule has 1 saturated carbocycles. The molecule has 1 fully saturated rings. The van der Waals surface area contributed by atoms with Gasteiger partial charge in [0.1, 0.15) is 0 Å². The monoisotopic (exact) mass is 457 g/mol. The van der Waals surface area contributed by atoms with Crippen LogP contribution in [0, 0.1) is 13.8 Å². The number of aromatic nitrogens is 2. The predicted molar refractivity (Wildman–Crippen MR) is 133 cm³/mol. The van der Waals surface area contributed by atoms with Crippen molar-refractivity contribution >= 4 is 33.5 Å². The van der Waals surface area contributed by atoms with Crippen LogP contribution in [0.25, 0.3) is 0 Å².